The molecular formula is C16H20O. The SMILES string of the molecule is C=C(C)c1ccccc1C(O)C#CCCCC. The van der Waals surface area contributed by atoms with Gasteiger partial charge in [0, 0.05) is 12.0 Å². The lowest BCUT2D eigenvalue weighted by molar-refractivity contribution is 0.238. The van der Waals surface area contributed by atoms with Gasteiger partial charge in [0.25, 0.3) is 0 Å². The topological polar surface area (TPSA) is 20.2 Å². The van der Waals surface area contributed by atoms with Crippen LogP contribution < -0.4 is 0 Å². The van der Waals surface area contributed by atoms with E-state index in [1.807, 2.05) is 31.2 Å². The van der Waals surface area contributed by atoms with E-state index in [4.69, 9.17) is 0 Å². The Kier molecular flexibility index (Phi) is 5.52. The Bertz CT molecular complexity index is 434. The van der Waals surface area contributed by atoms with Crippen molar-refractivity contribution in [2.75, 3.05) is 0 Å². The summed E-state index contributed by atoms with van der Waals surface area (Å²) in [6.45, 7) is 7.99. The van der Waals surface area contributed by atoms with Crippen LogP contribution in [-0.2, 0) is 0 Å². The molecule has 0 aliphatic rings. The standard InChI is InChI=1S/C16H20O/c1-4-5-6-7-12-16(17)15-11-9-8-10-14(15)13(2)3/h8-11,16-17H,2,4-6H2,1,3H3. The summed E-state index contributed by atoms with van der Waals surface area (Å²) in [6.07, 6.45) is 2.36. The van der Waals surface area contributed by atoms with E-state index in [2.05, 4.69) is 25.3 Å². The van der Waals surface area contributed by atoms with E-state index >= 15 is 0 Å². The minimum atomic E-state index is -0.709. The normalized spacial score (nSPS) is 11.5. The van der Waals surface area contributed by atoms with Gasteiger partial charge in [-0.3, -0.25) is 0 Å². The first-order chi connectivity index (χ1) is 8.16. The molecule has 0 saturated carbocycles. The molecule has 0 amide bonds. The van der Waals surface area contributed by atoms with Crippen molar-refractivity contribution in [3.8, 4) is 11.8 Å². The average Bonchev–Trinajstić information content (AvgIpc) is 2.34. The van der Waals surface area contributed by atoms with E-state index < -0.39 is 6.10 Å². The zero-order valence-electron chi connectivity index (χ0n) is 10.7. The van der Waals surface area contributed by atoms with Gasteiger partial charge in [-0.15, -0.1) is 5.92 Å². The number of hydrogen-bond donors (Lipinski definition) is 1. The third kappa shape index (κ3) is 4.09. The summed E-state index contributed by atoms with van der Waals surface area (Å²) >= 11 is 0. The maximum absolute atomic E-state index is 10.0. The van der Waals surface area contributed by atoms with Gasteiger partial charge in [0.1, 0.15) is 6.10 Å². The zero-order valence-corrected chi connectivity index (χ0v) is 10.7. The Morgan fingerprint density at radius 3 is 2.76 bits per heavy atom. The maximum Gasteiger partial charge on any atom is 0.140 e. The van der Waals surface area contributed by atoms with E-state index in [1.165, 1.54) is 0 Å². The van der Waals surface area contributed by atoms with Crippen LogP contribution in [0, 0.1) is 11.8 Å². The summed E-state index contributed by atoms with van der Waals surface area (Å²) in [7, 11) is 0. The molecule has 1 heteroatoms. The van der Waals surface area contributed by atoms with Gasteiger partial charge in [-0.25, -0.2) is 0 Å². The monoisotopic (exact) mass is 228 g/mol. The smallest absolute Gasteiger partial charge is 0.140 e. The summed E-state index contributed by atoms with van der Waals surface area (Å²) in [5, 5.41) is 10.0. The second kappa shape index (κ2) is 6.93. The largest absolute Gasteiger partial charge is 0.376 e. The molecule has 1 rings (SSSR count). The molecule has 0 bridgehead atoms. The second-order valence-electron chi connectivity index (χ2n) is 4.19. The molecular weight excluding hydrogens is 208 g/mol. The fraction of sp³-hybridized carbons (Fsp3) is 0.375. The van der Waals surface area contributed by atoms with Gasteiger partial charge in [-0.1, -0.05) is 55.7 Å². The summed E-state index contributed by atoms with van der Waals surface area (Å²) in [6, 6.07) is 7.74. The van der Waals surface area contributed by atoms with Crippen LogP contribution in [0.15, 0.2) is 30.8 Å². The van der Waals surface area contributed by atoms with Crippen LogP contribution >= 0.6 is 0 Å². The number of rotatable bonds is 4. The van der Waals surface area contributed by atoms with Crippen molar-refractivity contribution >= 4 is 5.57 Å². The molecule has 0 heterocycles. The van der Waals surface area contributed by atoms with Gasteiger partial charge >= 0.3 is 0 Å². The van der Waals surface area contributed by atoms with Gasteiger partial charge < -0.3 is 5.11 Å². The summed E-state index contributed by atoms with van der Waals surface area (Å²) in [5.41, 5.74) is 2.80. The van der Waals surface area contributed by atoms with Crippen molar-refractivity contribution < 1.29 is 5.11 Å². The van der Waals surface area contributed by atoms with E-state index in [-0.39, 0.29) is 0 Å². The zero-order chi connectivity index (χ0) is 12.7. The van der Waals surface area contributed by atoms with Gasteiger partial charge in [-0.2, -0.15) is 0 Å². The molecule has 0 saturated heterocycles. The molecule has 1 N–H and O–H groups in total. The van der Waals surface area contributed by atoms with Gasteiger partial charge in [-0.05, 0) is 18.9 Å². The third-order valence-electron chi connectivity index (χ3n) is 2.61. The molecule has 0 radical (unpaired) electrons. The van der Waals surface area contributed by atoms with E-state index in [0.29, 0.717) is 0 Å². The van der Waals surface area contributed by atoms with Crippen LogP contribution in [0.1, 0.15) is 50.3 Å². The van der Waals surface area contributed by atoms with Crippen molar-refractivity contribution in [2.24, 2.45) is 0 Å². The van der Waals surface area contributed by atoms with Gasteiger partial charge in [0.2, 0.25) is 0 Å². The highest BCUT2D eigenvalue weighted by atomic mass is 16.3. The molecule has 17 heavy (non-hydrogen) atoms. The lowest BCUT2D eigenvalue weighted by Crippen LogP contribution is -1.98. The highest BCUT2D eigenvalue weighted by molar-refractivity contribution is 5.65. The molecule has 1 nitrogen and oxygen atoms in total. The fourth-order valence-corrected chi connectivity index (χ4v) is 1.64. The molecule has 90 valence electrons. The number of aliphatic hydroxyl groups excluding tert-OH is 1. The first-order valence-electron chi connectivity index (χ1n) is 6.08. The number of benzene rings is 1. The lowest BCUT2D eigenvalue weighted by atomic mass is 9.98. The molecule has 1 atom stereocenters. The van der Waals surface area contributed by atoms with Crippen molar-refractivity contribution in [3.05, 3.63) is 42.0 Å². The predicted molar refractivity (Wildman–Crippen MR) is 73.4 cm³/mol. The first kappa shape index (κ1) is 13.5. The maximum atomic E-state index is 10.0. The van der Waals surface area contributed by atoms with Gasteiger partial charge in [0.15, 0.2) is 0 Å². The van der Waals surface area contributed by atoms with E-state index in [1.54, 1.807) is 0 Å². The number of aliphatic hydroxyl groups is 1. The van der Waals surface area contributed by atoms with Crippen LogP contribution in [0.3, 0.4) is 0 Å². The van der Waals surface area contributed by atoms with Crippen LogP contribution in [0.2, 0.25) is 0 Å². The summed E-state index contributed by atoms with van der Waals surface area (Å²) < 4.78 is 0. The highest BCUT2D eigenvalue weighted by Gasteiger charge is 2.09. The van der Waals surface area contributed by atoms with Crippen molar-refractivity contribution in [1.29, 1.82) is 0 Å². The number of unbranched alkanes of at least 4 members (excludes halogenated alkanes) is 2. The van der Waals surface area contributed by atoms with E-state index in [9.17, 15) is 5.11 Å². The Balaban J connectivity index is 2.83. The second-order valence-corrected chi connectivity index (χ2v) is 4.19. The average molecular weight is 228 g/mol. The van der Waals surface area contributed by atoms with E-state index in [0.717, 1.165) is 36.0 Å². The van der Waals surface area contributed by atoms with Crippen LogP contribution in [0.5, 0.6) is 0 Å². The Labute approximate surface area is 104 Å². The summed E-state index contributed by atoms with van der Waals surface area (Å²) in [4.78, 5) is 0. The Morgan fingerprint density at radius 1 is 1.41 bits per heavy atom. The Morgan fingerprint density at radius 2 is 2.12 bits per heavy atom. The predicted octanol–water partition coefficient (Wildman–Crippen LogP) is 3.95. The summed E-state index contributed by atoms with van der Waals surface area (Å²) in [5.74, 6) is 5.91. The molecule has 0 fully saturated rings. The molecule has 1 aromatic carbocycles. The Hall–Kier alpha value is -1.52. The molecule has 1 aromatic rings. The quantitative estimate of drug-likeness (QED) is 0.611. The van der Waals surface area contributed by atoms with Crippen LogP contribution in [0.4, 0.5) is 0 Å². The third-order valence-corrected chi connectivity index (χ3v) is 2.61. The minimum Gasteiger partial charge on any atom is -0.376 e. The molecule has 0 aliphatic carbocycles. The van der Waals surface area contributed by atoms with Crippen molar-refractivity contribution in [1.82, 2.24) is 0 Å². The van der Waals surface area contributed by atoms with Gasteiger partial charge in [0.05, 0.1) is 0 Å². The minimum absolute atomic E-state index is 0.709. The van der Waals surface area contributed by atoms with Crippen molar-refractivity contribution in [3.63, 3.8) is 0 Å². The van der Waals surface area contributed by atoms with Crippen molar-refractivity contribution in [2.45, 2.75) is 39.2 Å². The fourth-order valence-electron chi connectivity index (χ4n) is 1.64. The van der Waals surface area contributed by atoms with Crippen LogP contribution in [0.25, 0.3) is 5.57 Å². The van der Waals surface area contributed by atoms with Crippen LogP contribution in [-0.4, -0.2) is 5.11 Å². The highest BCUT2D eigenvalue weighted by Crippen LogP contribution is 2.22. The molecule has 0 aliphatic heterocycles. The first-order valence-corrected chi connectivity index (χ1v) is 6.08. The molecule has 0 aromatic heterocycles. The molecule has 0 spiro atoms. The molecule has 1 unspecified atom stereocenters. The number of allylic oxidation sites excluding steroid dienone is 1. The number of hydrogen-bond acceptors (Lipinski definition) is 1. The lowest BCUT2D eigenvalue weighted by Gasteiger charge is -2.10.